The van der Waals surface area contributed by atoms with Crippen molar-refractivity contribution in [3.63, 3.8) is 0 Å². The molecule has 2 amide bonds. The number of nitrogens with one attached hydrogen (secondary N) is 2. The number of hydrogen-bond donors (Lipinski definition) is 2. The Balaban J connectivity index is 1.27. The number of nitrogens with zero attached hydrogens (tertiary/aromatic N) is 2. The first kappa shape index (κ1) is 23.5. The van der Waals surface area contributed by atoms with Crippen molar-refractivity contribution < 1.29 is 14.3 Å². The first-order valence-corrected chi connectivity index (χ1v) is 11.4. The van der Waals surface area contributed by atoms with Gasteiger partial charge in [-0.05, 0) is 61.1 Å². The van der Waals surface area contributed by atoms with Gasteiger partial charge in [-0.25, -0.2) is 0 Å². The van der Waals surface area contributed by atoms with E-state index in [-0.39, 0.29) is 18.4 Å². The quantitative estimate of drug-likeness (QED) is 0.537. The van der Waals surface area contributed by atoms with Crippen LogP contribution in [0.15, 0.2) is 78.9 Å². The molecule has 34 heavy (non-hydrogen) atoms. The van der Waals surface area contributed by atoms with Crippen molar-refractivity contribution in [1.29, 1.82) is 0 Å². The lowest BCUT2D eigenvalue weighted by atomic mass is 10.1. The standard InChI is InChI=1S/C27H30N4O3/c1-30(19-21-6-5-7-22(18-21)27(33)29-23-8-3-2-4-9-23)20-26(32)28-24-10-12-25(13-11-24)31-14-16-34-17-15-31/h2-13,18H,14-17,19-20H2,1H3,(H,28,32)(H,29,33). The van der Waals surface area contributed by atoms with Crippen LogP contribution in [0.1, 0.15) is 15.9 Å². The summed E-state index contributed by atoms with van der Waals surface area (Å²) in [5.74, 6) is -0.242. The Hall–Kier alpha value is -3.68. The molecule has 2 N–H and O–H groups in total. The topological polar surface area (TPSA) is 73.9 Å². The molecule has 0 saturated carbocycles. The number of rotatable bonds is 8. The molecule has 4 rings (SSSR count). The van der Waals surface area contributed by atoms with E-state index < -0.39 is 0 Å². The van der Waals surface area contributed by atoms with E-state index in [2.05, 4.69) is 15.5 Å². The van der Waals surface area contributed by atoms with Crippen LogP contribution in [0.25, 0.3) is 0 Å². The third kappa shape index (κ3) is 6.66. The van der Waals surface area contributed by atoms with Crippen molar-refractivity contribution in [2.45, 2.75) is 6.54 Å². The lowest BCUT2D eigenvalue weighted by Gasteiger charge is -2.28. The van der Waals surface area contributed by atoms with Gasteiger partial charge < -0.3 is 20.3 Å². The zero-order chi connectivity index (χ0) is 23.8. The predicted octanol–water partition coefficient (Wildman–Crippen LogP) is 3.85. The summed E-state index contributed by atoms with van der Waals surface area (Å²) >= 11 is 0. The van der Waals surface area contributed by atoms with Gasteiger partial charge in [0.15, 0.2) is 0 Å². The lowest BCUT2D eigenvalue weighted by Crippen LogP contribution is -2.36. The molecule has 0 bridgehead atoms. The summed E-state index contributed by atoms with van der Waals surface area (Å²) in [5, 5.41) is 5.85. The molecule has 0 spiro atoms. The molecular weight excluding hydrogens is 428 g/mol. The second kappa shape index (κ2) is 11.4. The molecule has 1 heterocycles. The number of anilines is 3. The number of amides is 2. The number of hydrogen-bond acceptors (Lipinski definition) is 5. The highest BCUT2D eigenvalue weighted by Gasteiger charge is 2.13. The van der Waals surface area contributed by atoms with Crippen LogP contribution in [0.5, 0.6) is 0 Å². The molecule has 1 aliphatic rings. The normalized spacial score (nSPS) is 13.5. The number of morpholine rings is 1. The number of para-hydroxylation sites is 1. The van der Waals surface area contributed by atoms with E-state index in [9.17, 15) is 9.59 Å². The number of carbonyl (C=O) groups is 2. The van der Waals surface area contributed by atoms with Crippen LogP contribution in [0.4, 0.5) is 17.1 Å². The highest BCUT2D eigenvalue weighted by atomic mass is 16.5. The number of carbonyl (C=O) groups excluding carboxylic acids is 2. The fourth-order valence-electron chi connectivity index (χ4n) is 3.93. The van der Waals surface area contributed by atoms with E-state index in [0.29, 0.717) is 12.1 Å². The van der Waals surface area contributed by atoms with Gasteiger partial charge in [0.25, 0.3) is 5.91 Å². The maximum atomic E-state index is 12.6. The molecule has 1 aliphatic heterocycles. The summed E-state index contributed by atoms with van der Waals surface area (Å²) in [6, 6.07) is 24.7. The van der Waals surface area contributed by atoms with Crippen molar-refractivity contribution in [3.8, 4) is 0 Å². The van der Waals surface area contributed by atoms with Crippen LogP contribution in [0.3, 0.4) is 0 Å². The van der Waals surface area contributed by atoms with Crippen molar-refractivity contribution in [2.75, 3.05) is 55.4 Å². The van der Waals surface area contributed by atoms with Crippen molar-refractivity contribution in [1.82, 2.24) is 4.90 Å². The molecule has 3 aromatic rings. The van der Waals surface area contributed by atoms with E-state index >= 15 is 0 Å². The predicted molar refractivity (Wildman–Crippen MR) is 135 cm³/mol. The molecule has 176 valence electrons. The lowest BCUT2D eigenvalue weighted by molar-refractivity contribution is -0.117. The van der Waals surface area contributed by atoms with Crippen LogP contribution in [-0.2, 0) is 16.1 Å². The SMILES string of the molecule is CN(CC(=O)Nc1ccc(N2CCOCC2)cc1)Cc1cccc(C(=O)Nc2ccccc2)c1. The van der Waals surface area contributed by atoms with E-state index in [4.69, 9.17) is 4.74 Å². The van der Waals surface area contributed by atoms with Gasteiger partial charge in [-0.15, -0.1) is 0 Å². The number of likely N-dealkylation sites (N-methyl/N-ethyl adjacent to an activating group) is 1. The van der Waals surface area contributed by atoms with Gasteiger partial charge in [-0.1, -0.05) is 30.3 Å². The minimum absolute atomic E-state index is 0.0837. The summed E-state index contributed by atoms with van der Waals surface area (Å²) in [6.07, 6.45) is 0. The highest BCUT2D eigenvalue weighted by Crippen LogP contribution is 2.19. The summed E-state index contributed by atoms with van der Waals surface area (Å²) in [4.78, 5) is 29.3. The second-order valence-electron chi connectivity index (χ2n) is 8.39. The Labute approximate surface area is 200 Å². The van der Waals surface area contributed by atoms with Crippen LogP contribution in [0, 0.1) is 0 Å². The second-order valence-corrected chi connectivity index (χ2v) is 8.39. The molecular formula is C27H30N4O3. The molecule has 0 aromatic heterocycles. The fourth-order valence-corrected chi connectivity index (χ4v) is 3.93. The third-order valence-electron chi connectivity index (χ3n) is 5.61. The molecule has 0 atom stereocenters. The largest absolute Gasteiger partial charge is 0.378 e. The van der Waals surface area contributed by atoms with E-state index in [1.807, 2.05) is 84.7 Å². The van der Waals surface area contributed by atoms with Crippen molar-refractivity contribution >= 4 is 28.9 Å². The van der Waals surface area contributed by atoms with Gasteiger partial charge in [-0.2, -0.15) is 0 Å². The van der Waals surface area contributed by atoms with Crippen molar-refractivity contribution in [3.05, 3.63) is 90.0 Å². The minimum atomic E-state index is -0.158. The van der Waals surface area contributed by atoms with Gasteiger partial charge in [0.05, 0.1) is 19.8 Å². The zero-order valence-electron chi connectivity index (χ0n) is 19.4. The Kier molecular flexibility index (Phi) is 7.91. The first-order chi connectivity index (χ1) is 16.6. The van der Waals surface area contributed by atoms with Gasteiger partial charge in [0, 0.05) is 42.3 Å². The fraction of sp³-hybridized carbons (Fsp3) is 0.259. The number of ether oxygens (including phenoxy) is 1. The van der Waals surface area contributed by atoms with Crippen LogP contribution in [-0.4, -0.2) is 56.6 Å². The molecule has 1 fully saturated rings. The van der Waals surface area contributed by atoms with Crippen molar-refractivity contribution in [2.24, 2.45) is 0 Å². The third-order valence-corrected chi connectivity index (χ3v) is 5.61. The summed E-state index contributed by atoms with van der Waals surface area (Å²) in [6.45, 7) is 4.04. The Morgan fingerprint density at radius 3 is 2.32 bits per heavy atom. The smallest absolute Gasteiger partial charge is 0.255 e. The molecule has 1 saturated heterocycles. The molecule has 0 aliphatic carbocycles. The molecule has 7 heteroatoms. The van der Waals surface area contributed by atoms with E-state index in [0.717, 1.165) is 48.9 Å². The van der Waals surface area contributed by atoms with Gasteiger partial charge in [0.1, 0.15) is 0 Å². The van der Waals surface area contributed by atoms with Crippen LogP contribution < -0.4 is 15.5 Å². The summed E-state index contributed by atoms with van der Waals surface area (Å²) in [7, 11) is 1.89. The van der Waals surface area contributed by atoms with Gasteiger partial charge in [-0.3, -0.25) is 14.5 Å². The van der Waals surface area contributed by atoms with Crippen LogP contribution in [0.2, 0.25) is 0 Å². The van der Waals surface area contributed by atoms with Gasteiger partial charge in [0.2, 0.25) is 5.91 Å². The average Bonchev–Trinajstić information content (AvgIpc) is 2.85. The summed E-state index contributed by atoms with van der Waals surface area (Å²) in [5.41, 5.74) is 4.21. The molecule has 0 radical (unpaired) electrons. The molecule has 0 unspecified atom stereocenters. The Bertz CT molecular complexity index is 1100. The average molecular weight is 459 g/mol. The van der Waals surface area contributed by atoms with E-state index in [1.54, 1.807) is 6.07 Å². The zero-order valence-corrected chi connectivity index (χ0v) is 19.4. The van der Waals surface area contributed by atoms with Crippen LogP contribution >= 0.6 is 0 Å². The van der Waals surface area contributed by atoms with Gasteiger partial charge >= 0.3 is 0 Å². The maximum absolute atomic E-state index is 12.6. The molecule has 7 nitrogen and oxygen atoms in total. The maximum Gasteiger partial charge on any atom is 0.255 e. The summed E-state index contributed by atoms with van der Waals surface area (Å²) < 4.78 is 5.40. The molecule has 3 aromatic carbocycles. The van der Waals surface area contributed by atoms with E-state index in [1.165, 1.54) is 0 Å². The first-order valence-electron chi connectivity index (χ1n) is 11.4. The number of benzene rings is 3. The Morgan fingerprint density at radius 1 is 0.882 bits per heavy atom. The monoisotopic (exact) mass is 458 g/mol. The minimum Gasteiger partial charge on any atom is -0.378 e. The Morgan fingerprint density at radius 2 is 1.59 bits per heavy atom. The highest BCUT2D eigenvalue weighted by molar-refractivity contribution is 6.04.